The van der Waals surface area contributed by atoms with Crippen LogP contribution >= 0.6 is 22.9 Å². The summed E-state index contributed by atoms with van der Waals surface area (Å²) in [6.45, 7) is 0. The van der Waals surface area contributed by atoms with Gasteiger partial charge in [0.2, 0.25) is 0 Å². The average molecular weight is 201 g/mol. The number of hydrogen-bond acceptors (Lipinski definition) is 4. The second kappa shape index (κ2) is 4.10. The number of halogens is 1. The maximum Gasteiger partial charge on any atom is 0.274 e. The quantitative estimate of drug-likeness (QED) is 0.689. The Labute approximate surface area is 78.9 Å². The fraction of sp³-hybridized carbons (Fsp3) is 0.143. The van der Waals surface area contributed by atoms with Gasteiger partial charge in [0.1, 0.15) is 0 Å². The maximum atomic E-state index is 8.26. The molecular formula is C7H5ClN2OS. The second-order valence-corrected chi connectivity index (χ2v) is 3.15. The normalized spacial score (nSPS) is 10.1. The van der Waals surface area contributed by atoms with E-state index < -0.39 is 0 Å². The van der Waals surface area contributed by atoms with Gasteiger partial charge >= 0.3 is 0 Å². The minimum absolute atomic E-state index is 0.364. The van der Waals surface area contributed by atoms with Crippen molar-refractivity contribution >= 4 is 29.0 Å². The van der Waals surface area contributed by atoms with Crippen LogP contribution in [0.3, 0.4) is 0 Å². The number of thiazole rings is 1. The van der Waals surface area contributed by atoms with Gasteiger partial charge in [-0.05, 0) is 6.08 Å². The van der Waals surface area contributed by atoms with Crippen LogP contribution < -0.4 is 4.74 Å². The summed E-state index contributed by atoms with van der Waals surface area (Å²) < 4.78 is 4.86. The van der Waals surface area contributed by atoms with E-state index in [9.17, 15) is 0 Å². The molecule has 0 fully saturated rings. The standard InChI is InChI=1S/C7H5ClN2OS/c1-11-7-10-6(8)5(12-7)3-2-4-9/h2-3H,1H3/b3-2+. The molecule has 5 heteroatoms. The fourth-order valence-electron chi connectivity index (χ4n) is 0.597. The van der Waals surface area contributed by atoms with Gasteiger partial charge < -0.3 is 4.74 Å². The van der Waals surface area contributed by atoms with Crippen molar-refractivity contribution in [2.75, 3.05) is 7.11 Å². The molecule has 12 heavy (non-hydrogen) atoms. The summed E-state index contributed by atoms with van der Waals surface area (Å²) in [5.74, 6) is 0. The first-order valence-corrected chi connectivity index (χ1v) is 4.24. The fourth-order valence-corrected chi connectivity index (χ4v) is 1.58. The monoisotopic (exact) mass is 200 g/mol. The highest BCUT2D eigenvalue weighted by atomic mass is 35.5. The van der Waals surface area contributed by atoms with Crippen LogP contribution in [-0.4, -0.2) is 12.1 Å². The molecule has 0 aliphatic heterocycles. The van der Waals surface area contributed by atoms with E-state index in [0.29, 0.717) is 10.3 Å². The minimum Gasteiger partial charge on any atom is -0.473 e. The maximum absolute atomic E-state index is 8.26. The summed E-state index contributed by atoms with van der Waals surface area (Å²) in [4.78, 5) is 4.61. The molecule has 1 rings (SSSR count). The van der Waals surface area contributed by atoms with E-state index in [0.717, 1.165) is 4.88 Å². The number of methoxy groups -OCH3 is 1. The van der Waals surface area contributed by atoms with Gasteiger partial charge in [-0.3, -0.25) is 0 Å². The van der Waals surface area contributed by atoms with Gasteiger partial charge in [-0.1, -0.05) is 22.9 Å². The predicted molar refractivity (Wildman–Crippen MR) is 48.3 cm³/mol. The minimum atomic E-state index is 0.364. The molecule has 1 heterocycles. The summed E-state index contributed by atoms with van der Waals surface area (Å²) in [6.07, 6.45) is 2.95. The van der Waals surface area contributed by atoms with Gasteiger partial charge in [-0.15, -0.1) is 0 Å². The molecule has 0 saturated heterocycles. The van der Waals surface area contributed by atoms with Crippen molar-refractivity contribution in [2.24, 2.45) is 0 Å². The second-order valence-electron chi connectivity index (χ2n) is 1.80. The molecule has 0 aliphatic carbocycles. The highest BCUT2D eigenvalue weighted by Crippen LogP contribution is 2.29. The molecule has 0 unspecified atom stereocenters. The topological polar surface area (TPSA) is 45.9 Å². The summed E-state index contributed by atoms with van der Waals surface area (Å²) in [5.41, 5.74) is 0. The van der Waals surface area contributed by atoms with Crippen molar-refractivity contribution in [3.8, 4) is 11.3 Å². The van der Waals surface area contributed by atoms with Gasteiger partial charge in [-0.25, -0.2) is 0 Å². The van der Waals surface area contributed by atoms with Crippen LogP contribution in [0.2, 0.25) is 5.15 Å². The zero-order chi connectivity index (χ0) is 8.97. The zero-order valence-corrected chi connectivity index (χ0v) is 7.82. The highest BCUT2D eigenvalue weighted by molar-refractivity contribution is 7.14. The summed E-state index contributed by atoms with van der Waals surface area (Å²) in [6, 6.07) is 1.87. The number of hydrogen-bond donors (Lipinski definition) is 0. The summed E-state index contributed by atoms with van der Waals surface area (Å²) >= 11 is 7.01. The molecular weight excluding hydrogens is 196 g/mol. The number of allylic oxidation sites excluding steroid dienone is 1. The van der Waals surface area contributed by atoms with E-state index in [2.05, 4.69) is 4.98 Å². The predicted octanol–water partition coefficient (Wildman–Crippen LogP) is 2.34. The molecule has 0 aliphatic rings. The van der Waals surface area contributed by atoms with Crippen molar-refractivity contribution in [1.29, 1.82) is 5.26 Å². The Bertz CT molecular complexity index is 340. The van der Waals surface area contributed by atoms with Crippen molar-refractivity contribution in [3.63, 3.8) is 0 Å². The molecule has 1 aromatic heterocycles. The Hall–Kier alpha value is -1.05. The molecule has 0 radical (unpaired) electrons. The Morgan fingerprint density at radius 2 is 2.50 bits per heavy atom. The third-order valence-corrected chi connectivity index (χ3v) is 2.46. The number of rotatable bonds is 2. The van der Waals surface area contributed by atoms with Crippen molar-refractivity contribution < 1.29 is 4.74 Å². The molecule has 0 N–H and O–H groups in total. The first kappa shape index (κ1) is 9.04. The van der Waals surface area contributed by atoms with Crippen LogP contribution in [-0.2, 0) is 0 Å². The summed E-state index contributed by atoms with van der Waals surface area (Å²) in [5, 5.41) is 9.12. The van der Waals surface area contributed by atoms with Crippen LogP contribution in [0.4, 0.5) is 0 Å². The van der Waals surface area contributed by atoms with Crippen LogP contribution in [0.1, 0.15) is 4.88 Å². The van der Waals surface area contributed by atoms with Crippen molar-refractivity contribution in [3.05, 3.63) is 16.1 Å². The lowest BCUT2D eigenvalue weighted by molar-refractivity contribution is 0.412. The first-order valence-electron chi connectivity index (χ1n) is 3.04. The van der Waals surface area contributed by atoms with Gasteiger partial charge in [0.25, 0.3) is 5.19 Å². The Balaban J connectivity index is 2.93. The highest BCUT2D eigenvalue weighted by Gasteiger charge is 2.05. The largest absolute Gasteiger partial charge is 0.473 e. The Kier molecular flexibility index (Phi) is 3.09. The third-order valence-electron chi connectivity index (χ3n) is 1.07. The molecule has 0 aromatic carbocycles. The molecule has 0 atom stereocenters. The first-order chi connectivity index (χ1) is 5.77. The summed E-state index contributed by atoms with van der Waals surface area (Å²) in [7, 11) is 1.52. The lowest BCUT2D eigenvalue weighted by Crippen LogP contribution is -1.77. The average Bonchev–Trinajstić information content (AvgIpc) is 2.43. The molecule has 0 spiro atoms. The molecule has 0 saturated carbocycles. The Morgan fingerprint density at radius 1 is 1.75 bits per heavy atom. The third kappa shape index (κ3) is 1.97. The van der Waals surface area contributed by atoms with Crippen molar-refractivity contribution in [2.45, 2.75) is 0 Å². The Morgan fingerprint density at radius 3 is 3.00 bits per heavy atom. The van der Waals surface area contributed by atoms with Crippen molar-refractivity contribution in [1.82, 2.24) is 4.98 Å². The van der Waals surface area contributed by atoms with E-state index in [1.165, 1.54) is 24.5 Å². The van der Waals surface area contributed by atoms with Crippen LogP contribution in [0.15, 0.2) is 6.08 Å². The lowest BCUT2D eigenvalue weighted by atomic mass is 10.5. The molecule has 0 bridgehead atoms. The van der Waals surface area contributed by atoms with Gasteiger partial charge in [-0.2, -0.15) is 10.2 Å². The number of ether oxygens (including phenoxy) is 1. The molecule has 62 valence electrons. The lowest BCUT2D eigenvalue weighted by Gasteiger charge is -1.85. The molecule has 1 aromatic rings. The van der Waals surface area contributed by atoms with E-state index in [4.69, 9.17) is 21.6 Å². The van der Waals surface area contributed by atoms with E-state index in [1.807, 2.05) is 6.07 Å². The number of aromatic nitrogens is 1. The van der Waals surface area contributed by atoms with E-state index >= 15 is 0 Å². The number of nitriles is 1. The van der Waals surface area contributed by atoms with Gasteiger partial charge in [0.15, 0.2) is 5.15 Å². The van der Waals surface area contributed by atoms with Gasteiger partial charge in [0, 0.05) is 6.08 Å². The SMILES string of the molecule is COc1nc(Cl)c(/C=C/C#N)s1. The molecule has 0 amide bonds. The van der Waals surface area contributed by atoms with E-state index in [-0.39, 0.29) is 0 Å². The zero-order valence-electron chi connectivity index (χ0n) is 6.24. The van der Waals surface area contributed by atoms with Gasteiger partial charge in [0.05, 0.1) is 18.1 Å². The smallest absolute Gasteiger partial charge is 0.274 e. The number of nitrogens with zero attached hydrogens (tertiary/aromatic N) is 2. The van der Waals surface area contributed by atoms with Crippen LogP contribution in [0, 0.1) is 11.3 Å². The van der Waals surface area contributed by atoms with E-state index in [1.54, 1.807) is 6.08 Å². The molecule has 3 nitrogen and oxygen atoms in total. The van der Waals surface area contributed by atoms with Crippen LogP contribution in [0.25, 0.3) is 6.08 Å². The van der Waals surface area contributed by atoms with Crippen LogP contribution in [0.5, 0.6) is 5.19 Å².